The Balaban J connectivity index is 2.01. The Bertz CT molecular complexity index is 622. The van der Waals surface area contributed by atoms with Crippen LogP contribution in [0.3, 0.4) is 0 Å². The van der Waals surface area contributed by atoms with Crippen LogP contribution < -0.4 is 0 Å². The van der Waals surface area contributed by atoms with Crippen molar-refractivity contribution in [1.29, 1.82) is 0 Å². The first kappa shape index (κ1) is 16.1. The van der Waals surface area contributed by atoms with Crippen LogP contribution in [0, 0.1) is 0 Å². The number of benzene rings is 1. The number of aromatic nitrogens is 4. The van der Waals surface area contributed by atoms with Crippen molar-refractivity contribution in [2.45, 2.75) is 32.4 Å². The zero-order chi connectivity index (χ0) is 16.4. The summed E-state index contributed by atoms with van der Waals surface area (Å²) in [7, 11) is 2.17. The lowest BCUT2D eigenvalue weighted by Gasteiger charge is -2.38. The molecule has 1 aromatic carbocycles. The average Bonchev–Trinajstić information content (AvgIpc) is 3.00. The maximum Gasteiger partial charge on any atom is 0.173 e. The third-order valence-electron chi connectivity index (χ3n) is 4.39. The molecule has 1 aliphatic heterocycles. The summed E-state index contributed by atoms with van der Waals surface area (Å²) in [6.07, 6.45) is 0. The van der Waals surface area contributed by atoms with Gasteiger partial charge < -0.3 is 4.90 Å². The second kappa shape index (κ2) is 6.37. The first-order valence-electron chi connectivity index (χ1n) is 8.23. The van der Waals surface area contributed by atoms with Gasteiger partial charge in [0.15, 0.2) is 5.82 Å². The van der Waals surface area contributed by atoms with Crippen molar-refractivity contribution in [2.75, 3.05) is 33.2 Å². The zero-order valence-electron chi connectivity index (χ0n) is 14.5. The lowest BCUT2D eigenvalue weighted by molar-refractivity contribution is 0.118. The Morgan fingerprint density at radius 1 is 1.00 bits per heavy atom. The van der Waals surface area contributed by atoms with Crippen molar-refractivity contribution in [2.24, 2.45) is 0 Å². The molecule has 0 amide bonds. The molecule has 1 atom stereocenters. The van der Waals surface area contributed by atoms with Gasteiger partial charge in [0.1, 0.15) is 0 Å². The molecular formula is C17H26N6. The smallest absolute Gasteiger partial charge is 0.173 e. The molecule has 1 fully saturated rings. The van der Waals surface area contributed by atoms with Gasteiger partial charge in [0.2, 0.25) is 0 Å². The summed E-state index contributed by atoms with van der Waals surface area (Å²) in [6.45, 7) is 10.6. The van der Waals surface area contributed by atoms with Gasteiger partial charge >= 0.3 is 0 Å². The van der Waals surface area contributed by atoms with Gasteiger partial charge in [0.05, 0.1) is 11.6 Å². The van der Waals surface area contributed by atoms with E-state index in [2.05, 4.69) is 83.5 Å². The predicted octanol–water partition coefficient (Wildman–Crippen LogP) is 1.76. The second-order valence-corrected chi connectivity index (χ2v) is 7.27. The minimum Gasteiger partial charge on any atom is -0.304 e. The van der Waals surface area contributed by atoms with Crippen LogP contribution in [0.1, 0.15) is 38.2 Å². The van der Waals surface area contributed by atoms with E-state index in [1.807, 2.05) is 4.68 Å². The molecule has 2 heterocycles. The molecule has 0 radical (unpaired) electrons. The van der Waals surface area contributed by atoms with Crippen molar-refractivity contribution >= 4 is 0 Å². The monoisotopic (exact) mass is 314 g/mol. The van der Waals surface area contributed by atoms with E-state index >= 15 is 0 Å². The summed E-state index contributed by atoms with van der Waals surface area (Å²) in [6, 6.07) is 10.7. The lowest BCUT2D eigenvalue weighted by Crippen LogP contribution is -2.47. The molecule has 23 heavy (non-hydrogen) atoms. The normalized spacial score (nSPS) is 19.0. The van der Waals surface area contributed by atoms with E-state index in [4.69, 9.17) is 0 Å². The van der Waals surface area contributed by atoms with E-state index in [-0.39, 0.29) is 11.6 Å². The maximum absolute atomic E-state index is 4.40. The highest BCUT2D eigenvalue weighted by Gasteiger charge is 2.32. The topological polar surface area (TPSA) is 50.1 Å². The van der Waals surface area contributed by atoms with Gasteiger partial charge in [-0.05, 0) is 43.8 Å². The van der Waals surface area contributed by atoms with Crippen molar-refractivity contribution in [3.8, 4) is 0 Å². The third-order valence-corrected chi connectivity index (χ3v) is 4.39. The Hall–Kier alpha value is -1.79. The molecule has 0 N–H and O–H groups in total. The Kier molecular flexibility index (Phi) is 4.46. The molecule has 0 spiro atoms. The molecule has 2 aromatic rings. The van der Waals surface area contributed by atoms with Crippen LogP contribution in [0.25, 0.3) is 0 Å². The molecule has 1 saturated heterocycles. The van der Waals surface area contributed by atoms with Gasteiger partial charge in [-0.3, -0.25) is 4.90 Å². The molecule has 6 heteroatoms. The van der Waals surface area contributed by atoms with Crippen LogP contribution in [0.4, 0.5) is 0 Å². The lowest BCUT2D eigenvalue weighted by atomic mass is 10.0. The predicted molar refractivity (Wildman–Crippen MR) is 90.2 cm³/mol. The minimum atomic E-state index is -0.140. The fourth-order valence-corrected chi connectivity index (χ4v) is 3.08. The number of rotatable bonds is 3. The summed E-state index contributed by atoms with van der Waals surface area (Å²) in [5.74, 6) is 0.924. The van der Waals surface area contributed by atoms with E-state index in [1.165, 1.54) is 5.56 Å². The van der Waals surface area contributed by atoms with Crippen LogP contribution in [0.5, 0.6) is 0 Å². The summed E-state index contributed by atoms with van der Waals surface area (Å²) < 4.78 is 1.96. The molecule has 3 rings (SSSR count). The van der Waals surface area contributed by atoms with E-state index in [9.17, 15) is 0 Å². The van der Waals surface area contributed by atoms with E-state index in [0.29, 0.717) is 0 Å². The largest absolute Gasteiger partial charge is 0.304 e. The molecular weight excluding hydrogens is 288 g/mol. The first-order valence-corrected chi connectivity index (χ1v) is 8.23. The summed E-state index contributed by atoms with van der Waals surface area (Å²) in [5.41, 5.74) is 1.11. The molecule has 0 bridgehead atoms. The van der Waals surface area contributed by atoms with Gasteiger partial charge in [0.25, 0.3) is 0 Å². The third kappa shape index (κ3) is 3.43. The van der Waals surface area contributed by atoms with Crippen LogP contribution in [-0.2, 0) is 5.54 Å². The van der Waals surface area contributed by atoms with E-state index in [0.717, 1.165) is 32.0 Å². The van der Waals surface area contributed by atoms with E-state index < -0.39 is 0 Å². The zero-order valence-corrected chi connectivity index (χ0v) is 14.5. The average molecular weight is 314 g/mol. The van der Waals surface area contributed by atoms with Gasteiger partial charge in [-0.2, -0.15) is 0 Å². The number of piperazine rings is 1. The molecule has 1 aliphatic rings. The number of tetrazole rings is 1. The molecule has 1 unspecified atom stereocenters. The minimum absolute atomic E-state index is 0.0964. The number of likely N-dealkylation sites (N-methyl/N-ethyl adjacent to an activating group) is 1. The SMILES string of the molecule is CN1CCN(C(c2ccccc2)c2nnnn2C(C)(C)C)CC1. The second-order valence-electron chi connectivity index (χ2n) is 7.27. The summed E-state index contributed by atoms with van der Waals surface area (Å²) in [4.78, 5) is 4.86. The molecule has 124 valence electrons. The quantitative estimate of drug-likeness (QED) is 0.864. The van der Waals surface area contributed by atoms with Crippen LogP contribution >= 0.6 is 0 Å². The highest BCUT2D eigenvalue weighted by Crippen LogP contribution is 2.30. The van der Waals surface area contributed by atoms with Gasteiger partial charge in [-0.1, -0.05) is 30.3 Å². The molecule has 1 aromatic heterocycles. The first-order chi connectivity index (χ1) is 11.0. The fourth-order valence-electron chi connectivity index (χ4n) is 3.08. The Labute approximate surface area is 138 Å². The summed E-state index contributed by atoms with van der Waals surface area (Å²) in [5, 5.41) is 12.6. The van der Waals surface area contributed by atoms with Gasteiger partial charge in [-0.25, -0.2) is 4.68 Å². The summed E-state index contributed by atoms with van der Waals surface area (Å²) >= 11 is 0. The Morgan fingerprint density at radius 3 is 2.26 bits per heavy atom. The molecule has 0 saturated carbocycles. The number of hydrogen-bond acceptors (Lipinski definition) is 5. The highest BCUT2D eigenvalue weighted by molar-refractivity contribution is 5.25. The number of nitrogens with zero attached hydrogens (tertiary/aromatic N) is 6. The number of hydrogen-bond donors (Lipinski definition) is 0. The maximum atomic E-state index is 4.40. The Morgan fingerprint density at radius 2 is 1.65 bits per heavy atom. The fraction of sp³-hybridized carbons (Fsp3) is 0.588. The molecule has 6 nitrogen and oxygen atoms in total. The van der Waals surface area contributed by atoms with Crippen LogP contribution in [0.2, 0.25) is 0 Å². The van der Waals surface area contributed by atoms with Crippen molar-refractivity contribution in [3.63, 3.8) is 0 Å². The molecule has 0 aliphatic carbocycles. The highest BCUT2D eigenvalue weighted by atomic mass is 15.6. The standard InChI is InChI=1S/C17H26N6/c1-17(2,3)23-16(18-19-20-23)15(14-8-6-5-7-9-14)22-12-10-21(4)11-13-22/h5-9,15H,10-13H2,1-4H3. The van der Waals surface area contributed by atoms with E-state index in [1.54, 1.807) is 0 Å². The van der Waals surface area contributed by atoms with Crippen molar-refractivity contribution in [1.82, 2.24) is 30.0 Å². The van der Waals surface area contributed by atoms with Crippen molar-refractivity contribution < 1.29 is 0 Å². The van der Waals surface area contributed by atoms with Gasteiger partial charge in [0, 0.05) is 26.2 Å². The van der Waals surface area contributed by atoms with Crippen molar-refractivity contribution in [3.05, 3.63) is 41.7 Å². The van der Waals surface area contributed by atoms with Gasteiger partial charge in [-0.15, -0.1) is 5.10 Å². The van der Waals surface area contributed by atoms with Crippen LogP contribution in [0.15, 0.2) is 30.3 Å². The van der Waals surface area contributed by atoms with Crippen LogP contribution in [-0.4, -0.2) is 63.2 Å².